The number of aryl methyl sites for hydroxylation is 3. The van der Waals surface area contributed by atoms with Crippen molar-refractivity contribution in [3.63, 3.8) is 0 Å². The molecule has 2 rings (SSSR count). The lowest BCUT2D eigenvalue weighted by Gasteiger charge is -2.18. The van der Waals surface area contributed by atoms with Crippen LogP contribution in [0.5, 0.6) is 0 Å². The van der Waals surface area contributed by atoms with Crippen LogP contribution in [0.15, 0.2) is 30.3 Å². The average Bonchev–Trinajstić information content (AvgIpc) is 2.54. The van der Waals surface area contributed by atoms with E-state index in [1.165, 1.54) is 4.90 Å². The van der Waals surface area contributed by atoms with Gasteiger partial charge in [0.05, 0.1) is 23.0 Å². The standard InChI is InChI=1S/C20H22Cl2N2O2/c1-12-7-13(2)20(14(3)8-12)23-18(25)11-24(4)19(26)10-15-5-6-16(21)17(22)9-15/h5-9H,10-11H2,1-4H3,(H,23,25). The van der Waals surface area contributed by atoms with Gasteiger partial charge in [-0.05, 0) is 49.6 Å². The van der Waals surface area contributed by atoms with Crippen molar-refractivity contribution in [1.82, 2.24) is 4.90 Å². The zero-order valence-electron chi connectivity index (χ0n) is 15.3. The highest BCUT2D eigenvalue weighted by atomic mass is 35.5. The first-order valence-corrected chi connectivity index (χ1v) is 8.98. The molecule has 0 heterocycles. The maximum atomic E-state index is 12.3. The third-order valence-electron chi connectivity index (χ3n) is 4.09. The van der Waals surface area contributed by atoms with Crippen LogP contribution < -0.4 is 5.32 Å². The smallest absolute Gasteiger partial charge is 0.243 e. The molecule has 0 radical (unpaired) electrons. The van der Waals surface area contributed by atoms with Crippen LogP contribution in [0.1, 0.15) is 22.3 Å². The number of carbonyl (C=O) groups excluding carboxylic acids is 2. The molecule has 0 bridgehead atoms. The number of hydrogen-bond donors (Lipinski definition) is 1. The van der Waals surface area contributed by atoms with Gasteiger partial charge in [-0.25, -0.2) is 0 Å². The van der Waals surface area contributed by atoms with Gasteiger partial charge >= 0.3 is 0 Å². The molecule has 0 aliphatic carbocycles. The SMILES string of the molecule is Cc1cc(C)c(NC(=O)CN(C)C(=O)Cc2ccc(Cl)c(Cl)c2)c(C)c1. The molecule has 0 unspecified atom stereocenters. The number of likely N-dealkylation sites (N-methyl/N-ethyl adjacent to an activating group) is 1. The van der Waals surface area contributed by atoms with Gasteiger partial charge in [0.1, 0.15) is 0 Å². The molecule has 2 aromatic rings. The Balaban J connectivity index is 1.98. The predicted molar refractivity (Wildman–Crippen MR) is 107 cm³/mol. The van der Waals surface area contributed by atoms with E-state index < -0.39 is 0 Å². The normalized spacial score (nSPS) is 10.5. The summed E-state index contributed by atoms with van der Waals surface area (Å²) in [5, 5.41) is 3.75. The Kier molecular flexibility index (Phi) is 6.68. The van der Waals surface area contributed by atoms with E-state index >= 15 is 0 Å². The molecule has 0 fully saturated rings. The maximum absolute atomic E-state index is 12.3. The molecule has 0 spiro atoms. The molecule has 138 valence electrons. The van der Waals surface area contributed by atoms with Crippen molar-refractivity contribution < 1.29 is 9.59 Å². The minimum Gasteiger partial charge on any atom is -0.336 e. The Bertz CT molecular complexity index is 827. The lowest BCUT2D eigenvalue weighted by Crippen LogP contribution is -2.36. The number of carbonyl (C=O) groups is 2. The molecule has 0 aliphatic heterocycles. The summed E-state index contributed by atoms with van der Waals surface area (Å²) in [5.41, 5.74) is 4.70. The van der Waals surface area contributed by atoms with Crippen LogP contribution in [-0.2, 0) is 16.0 Å². The molecule has 26 heavy (non-hydrogen) atoms. The summed E-state index contributed by atoms with van der Waals surface area (Å²) in [6, 6.07) is 9.10. The van der Waals surface area contributed by atoms with Crippen LogP contribution in [0.25, 0.3) is 0 Å². The second-order valence-electron chi connectivity index (χ2n) is 6.50. The van der Waals surface area contributed by atoms with Gasteiger partial charge in [0.25, 0.3) is 0 Å². The minimum atomic E-state index is -0.231. The van der Waals surface area contributed by atoms with Crippen LogP contribution in [0, 0.1) is 20.8 Å². The second kappa shape index (κ2) is 8.56. The number of rotatable bonds is 5. The van der Waals surface area contributed by atoms with Gasteiger partial charge < -0.3 is 10.2 Å². The van der Waals surface area contributed by atoms with Crippen molar-refractivity contribution in [3.05, 3.63) is 62.6 Å². The number of nitrogens with zero attached hydrogens (tertiary/aromatic N) is 1. The first-order chi connectivity index (χ1) is 12.2. The lowest BCUT2D eigenvalue weighted by molar-refractivity contribution is -0.132. The van der Waals surface area contributed by atoms with E-state index in [0.717, 1.165) is 27.9 Å². The summed E-state index contributed by atoms with van der Waals surface area (Å²) in [4.78, 5) is 26.1. The zero-order chi connectivity index (χ0) is 19.4. The van der Waals surface area contributed by atoms with Crippen LogP contribution in [0.4, 0.5) is 5.69 Å². The summed E-state index contributed by atoms with van der Waals surface area (Å²) >= 11 is 11.9. The summed E-state index contributed by atoms with van der Waals surface area (Å²) in [6.45, 7) is 5.90. The van der Waals surface area contributed by atoms with Crippen molar-refractivity contribution in [3.8, 4) is 0 Å². The number of benzene rings is 2. The molecule has 0 saturated carbocycles. The molecular weight excluding hydrogens is 371 g/mol. The van der Waals surface area contributed by atoms with E-state index in [0.29, 0.717) is 10.0 Å². The topological polar surface area (TPSA) is 49.4 Å². The van der Waals surface area contributed by atoms with Crippen LogP contribution >= 0.6 is 23.2 Å². The Morgan fingerprint density at radius 2 is 1.62 bits per heavy atom. The fraction of sp³-hybridized carbons (Fsp3) is 0.300. The molecule has 0 aliphatic rings. The van der Waals surface area contributed by atoms with Gasteiger partial charge in [-0.15, -0.1) is 0 Å². The summed E-state index contributed by atoms with van der Waals surface area (Å²) < 4.78 is 0. The number of anilines is 1. The average molecular weight is 393 g/mol. The Hall–Kier alpha value is -2.04. The number of nitrogens with one attached hydrogen (secondary N) is 1. The molecule has 6 heteroatoms. The van der Waals surface area contributed by atoms with Crippen molar-refractivity contribution in [2.45, 2.75) is 27.2 Å². The van der Waals surface area contributed by atoms with Crippen molar-refractivity contribution in [2.24, 2.45) is 0 Å². The minimum absolute atomic E-state index is 0.0209. The maximum Gasteiger partial charge on any atom is 0.243 e. The second-order valence-corrected chi connectivity index (χ2v) is 7.31. The lowest BCUT2D eigenvalue weighted by atomic mass is 10.1. The Morgan fingerprint density at radius 3 is 2.19 bits per heavy atom. The van der Waals surface area contributed by atoms with Gasteiger partial charge in [0.2, 0.25) is 11.8 Å². The van der Waals surface area contributed by atoms with Gasteiger partial charge in [-0.2, -0.15) is 0 Å². The first-order valence-electron chi connectivity index (χ1n) is 8.23. The molecule has 0 aromatic heterocycles. The molecule has 2 aromatic carbocycles. The zero-order valence-corrected chi connectivity index (χ0v) is 16.8. The summed E-state index contributed by atoms with van der Waals surface area (Å²) in [6.07, 6.45) is 0.156. The van der Waals surface area contributed by atoms with Crippen molar-refractivity contribution >= 4 is 40.7 Å². The van der Waals surface area contributed by atoms with E-state index in [2.05, 4.69) is 5.32 Å². The fourth-order valence-corrected chi connectivity index (χ4v) is 3.14. The molecule has 1 N–H and O–H groups in total. The predicted octanol–water partition coefficient (Wildman–Crippen LogP) is 4.56. The molecular formula is C20H22Cl2N2O2. The van der Waals surface area contributed by atoms with Crippen LogP contribution in [0.2, 0.25) is 10.0 Å². The van der Waals surface area contributed by atoms with Crippen molar-refractivity contribution in [1.29, 1.82) is 0 Å². The summed E-state index contributed by atoms with van der Waals surface area (Å²) in [5.74, 6) is -0.402. The summed E-state index contributed by atoms with van der Waals surface area (Å²) in [7, 11) is 1.61. The largest absolute Gasteiger partial charge is 0.336 e. The van der Waals surface area contributed by atoms with Gasteiger partial charge in [0.15, 0.2) is 0 Å². The highest BCUT2D eigenvalue weighted by Crippen LogP contribution is 2.23. The molecule has 0 saturated heterocycles. The molecule has 0 atom stereocenters. The number of halogens is 2. The highest BCUT2D eigenvalue weighted by molar-refractivity contribution is 6.42. The Morgan fingerprint density at radius 1 is 1.00 bits per heavy atom. The van der Waals surface area contributed by atoms with E-state index in [1.807, 2.05) is 32.9 Å². The highest BCUT2D eigenvalue weighted by Gasteiger charge is 2.15. The molecule has 2 amide bonds. The first kappa shape index (κ1) is 20.3. The van der Waals surface area contributed by atoms with Crippen LogP contribution in [0.3, 0.4) is 0 Å². The quantitative estimate of drug-likeness (QED) is 0.810. The number of hydrogen-bond acceptors (Lipinski definition) is 2. The van der Waals surface area contributed by atoms with E-state index in [-0.39, 0.29) is 24.8 Å². The van der Waals surface area contributed by atoms with Gasteiger partial charge in [0, 0.05) is 12.7 Å². The molecule has 4 nitrogen and oxygen atoms in total. The third kappa shape index (κ3) is 5.23. The van der Waals surface area contributed by atoms with E-state index in [4.69, 9.17) is 23.2 Å². The Labute approximate surface area is 164 Å². The monoisotopic (exact) mass is 392 g/mol. The number of amides is 2. The fourth-order valence-electron chi connectivity index (χ4n) is 2.82. The van der Waals surface area contributed by atoms with E-state index in [9.17, 15) is 9.59 Å². The van der Waals surface area contributed by atoms with Gasteiger partial charge in [-0.3, -0.25) is 9.59 Å². The van der Waals surface area contributed by atoms with Gasteiger partial charge in [-0.1, -0.05) is 47.0 Å². The van der Waals surface area contributed by atoms with E-state index in [1.54, 1.807) is 25.2 Å². The third-order valence-corrected chi connectivity index (χ3v) is 4.83. The van der Waals surface area contributed by atoms with Crippen molar-refractivity contribution in [2.75, 3.05) is 18.9 Å². The van der Waals surface area contributed by atoms with Crippen LogP contribution in [-0.4, -0.2) is 30.3 Å².